The molecular formula is C27H35FN4O4. The lowest BCUT2D eigenvalue weighted by atomic mass is 9.81. The van der Waals surface area contributed by atoms with E-state index in [1.54, 1.807) is 0 Å². The van der Waals surface area contributed by atoms with Crippen molar-refractivity contribution in [2.24, 2.45) is 17.3 Å². The number of amides is 2. The van der Waals surface area contributed by atoms with Crippen LogP contribution in [0.5, 0.6) is 5.75 Å². The Morgan fingerprint density at radius 1 is 1.33 bits per heavy atom. The number of benzene rings is 1. The Hall–Kier alpha value is -3.41. The van der Waals surface area contributed by atoms with Crippen molar-refractivity contribution in [3.63, 3.8) is 0 Å². The Balaban J connectivity index is 1.77. The number of halogens is 1. The fourth-order valence-electron chi connectivity index (χ4n) is 4.92. The monoisotopic (exact) mass is 498 g/mol. The first-order chi connectivity index (χ1) is 16.7. The number of aromatic nitrogens is 1. The highest BCUT2D eigenvalue weighted by atomic mass is 19.1. The predicted molar refractivity (Wildman–Crippen MR) is 134 cm³/mol. The molecule has 9 heteroatoms. The summed E-state index contributed by atoms with van der Waals surface area (Å²) in [5.74, 6) is -2.04. The highest BCUT2D eigenvalue weighted by Gasteiger charge is 2.39. The summed E-state index contributed by atoms with van der Waals surface area (Å²) in [6.07, 6.45) is 1.06. The van der Waals surface area contributed by atoms with E-state index in [4.69, 9.17) is 4.74 Å². The quantitative estimate of drug-likeness (QED) is 0.446. The number of carbonyl (C=O) groups excluding carboxylic acids is 3. The molecule has 1 saturated heterocycles. The van der Waals surface area contributed by atoms with Crippen LogP contribution in [0.4, 0.5) is 4.39 Å². The van der Waals surface area contributed by atoms with Gasteiger partial charge in [-0.1, -0.05) is 20.8 Å². The molecule has 0 aliphatic carbocycles. The van der Waals surface area contributed by atoms with Gasteiger partial charge in [0.1, 0.15) is 17.6 Å². The highest BCUT2D eigenvalue weighted by Crippen LogP contribution is 2.32. The summed E-state index contributed by atoms with van der Waals surface area (Å²) >= 11 is 0. The lowest BCUT2D eigenvalue weighted by Crippen LogP contribution is -2.41. The van der Waals surface area contributed by atoms with Gasteiger partial charge in [0.15, 0.2) is 5.78 Å². The first-order valence-corrected chi connectivity index (χ1v) is 12.1. The fourth-order valence-corrected chi connectivity index (χ4v) is 4.92. The molecule has 1 aliphatic rings. The molecule has 2 aromatic rings. The molecule has 1 aliphatic heterocycles. The zero-order valence-electron chi connectivity index (χ0n) is 21.8. The average molecular weight is 499 g/mol. The molecule has 2 heterocycles. The zero-order chi connectivity index (χ0) is 26.8. The fraction of sp³-hybridized carbons (Fsp3) is 0.556. The van der Waals surface area contributed by atoms with Crippen molar-refractivity contribution in [2.45, 2.75) is 71.9 Å². The van der Waals surface area contributed by atoms with Crippen LogP contribution >= 0.6 is 0 Å². The van der Waals surface area contributed by atoms with Gasteiger partial charge in [-0.25, -0.2) is 4.39 Å². The van der Waals surface area contributed by atoms with E-state index in [1.807, 2.05) is 34.6 Å². The number of hydrogen-bond acceptors (Lipinski definition) is 5. The van der Waals surface area contributed by atoms with Gasteiger partial charge in [-0.2, -0.15) is 5.26 Å². The van der Waals surface area contributed by atoms with Crippen LogP contribution in [-0.4, -0.2) is 41.3 Å². The topological polar surface area (TPSA) is 124 Å². The molecule has 8 nitrogen and oxygen atoms in total. The molecule has 0 bridgehead atoms. The summed E-state index contributed by atoms with van der Waals surface area (Å²) in [5, 5.41) is 15.8. The van der Waals surface area contributed by atoms with E-state index >= 15 is 0 Å². The van der Waals surface area contributed by atoms with Crippen LogP contribution in [-0.2, 0) is 9.59 Å². The summed E-state index contributed by atoms with van der Waals surface area (Å²) < 4.78 is 19.6. The molecule has 0 saturated carbocycles. The maximum Gasteiger partial charge on any atom is 0.224 e. The minimum atomic E-state index is -0.855. The standard InChI is InChI=1S/C27H35FN4O4/c1-26(2,3)12-16(24(34)30-17(14-29)9-15-13-27(4,5)32-25(15)35)10-21(33)20-11-18-22(36-6)8-7-19(28)23(18)31-20/h7-8,11,15-17,31H,9-10,12-13H2,1-6H3,(H,30,34)(H,32,35)/t15-,16+,17+/m1/s1. The number of ether oxygens (including phenoxy) is 1. The number of fused-ring (bicyclic) bond motifs is 1. The first kappa shape index (κ1) is 27.2. The number of nitrogens with one attached hydrogen (secondary N) is 3. The zero-order valence-corrected chi connectivity index (χ0v) is 21.8. The van der Waals surface area contributed by atoms with E-state index in [-0.39, 0.29) is 52.6 Å². The molecule has 0 spiro atoms. The summed E-state index contributed by atoms with van der Waals surface area (Å²) in [7, 11) is 1.46. The number of rotatable bonds is 9. The minimum Gasteiger partial charge on any atom is -0.496 e. The Morgan fingerprint density at radius 2 is 2.03 bits per heavy atom. The Bertz CT molecular complexity index is 1200. The SMILES string of the molecule is COc1ccc(F)c2[nH]c(C(=O)C[C@@H](CC(C)(C)C)C(=O)N[C@H](C#N)C[C@@H]3CC(C)(C)NC3=O)cc12. The highest BCUT2D eigenvalue weighted by molar-refractivity contribution is 6.02. The minimum absolute atomic E-state index is 0.116. The van der Waals surface area contributed by atoms with Crippen LogP contribution in [0.25, 0.3) is 10.9 Å². The normalized spacial score (nSPS) is 18.8. The van der Waals surface area contributed by atoms with E-state index in [1.165, 1.54) is 25.3 Å². The van der Waals surface area contributed by atoms with Crippen LogP contribution in [0.2, 0.25) is 0 Å². The number of hydrogen-bond donors (Lipinski definition) is 3. The second-order valence-electron chi connectivity index (χ2n) is 11.5. The third-order valence-corrected chi connectivity index (χ3v) is 6.47. The van der Waals surface area contributed by atoms with E-state index < -0.39 is 23.7 Å². The number of methoxy groups -OCH3 is 1. The Labute approximate surface area is 211 Å². The third-order valence-electron chi connectivity index (χ3n) is 6.47. The third kappa shape index (κ3) is 6.42. The van der Waals surface area contributed by atoms with Crippen LogP contribution < -0.4 is 15.4 Å². The predicted octanol–water partition coefficient (Wildman–Crippen LogP) is 4.25. The number of ketones is 1. The second kappa shape index (κ2) is 10.3. The van der Waals surface area contributed by atoms with E-state index in [2.05, 4.69) is 21.7 Å². The van der Waals surface area contributed by atoms with Crippen molar-refractivity contribution in [3.8, 4) is 11.8 Å². The van der Waals surface area contributed by atoms with Gasteiger partial charge in [0.05, 0.1) is 24.4 Å². The molecule has 1 fully saturated rings. The van der Waals surface area contributed by atoms with Gasteiger partial charge in [-0.3, -0.25) is 14.4 Å². The van der Waals surface area contributed by atoms with Crippen molar-refractivity contribution in [3.05, 3.63) is 29.7 Å². The van der Waals surface area contributed by atoms with Crippen LogP contribution in [0, 0.1) is 34.4 Å². The summed E-state index contributed by atoms with van der Waals surface area (Å²) in [6.45, 7) is 9.73. The van der Waals surface area contributed by atoms with Gasteiger partial charge in [0.2, 0.25) is 11.8 Å². The lowest BCUT2D eigenvalue weighted by Gasteiger charge is -2.26. The number of aromatic amines is 1. The van der Waals surface area contributed by atoms with Gasteiger partial charge < -0.3 is 20.4 Å². The Morgan fingerprint density at radius 3 is 2.58 bits per heavy atom. The number of H-pyrrole nitrogens is 1. The molecule has 1 aromatic heterocycles. The molecule has 3 atom stereocenters. The second-order valence-corrected chi connectivity index (χ2v) is 11.5. The number of nitrogens with zero attached hydrogens (tertiary/aromatic N) is 1. The molecule has 3 N–H and O–H groups in total. The van der Waals surface area contributed by atoms with Gasteiger partial charge in [-0.05, 0) is 56.7 Å². The largest absolute Gasteiger partial charge is 0.496 e. The number of carbonyl (C=O) groups is 3. The van der Waals surface area contributed by atoms with Crippen LogP contribution in [0.3, 0.4) is 0 Å². The summed E-state index contributed by atoms with van der Waals surface area (Å²) in [5.41, 5.74) is -0.275. The van der Waals surface area contributed by atoms with Crippen molar-refractivity contribution < 1.29 is 23.5 Å². The number of nitriles is 1. The van der Waals surface area contributed by atoms with Crippen molar-refractivity contribution >= 4 is 28.5 Å². The maximum atomic E-state index is 14.3. The smallest absolute Gasteiger partial charge is 0.224 e. The van der Waals surface area contributed by atoms with Gasteiger partial charge in [-0.15, -0.1) is 0 Å². The van der Waals surface area contributed by atoms with Crippen molar-refractivity contribution in [2.75, 3.05) is 7.11 Å². The van der Waals surface area contributed by atoms with E-state index in [0.29, 0.717) is 24.0 Å². The van der Waals surface area contributed by atoms with Crippen molar-refractivity contribution in [1.29, 1.82) is 5.26 Å². The molecule has 0 unspecified atom stereocenters. The van der Waals surface area contributed by atoms with E-state index in [9.17, 15) is 24.0 Å². The van der Waals surface area contributed by atoms with Crippen LogP contribution in [0.15, 0.2) is 18.2 Å². The summed E-state index contributed by atoms with van der Waals surface area (Å²) in [6, 6.07) is 5.51. The maximum absolute atomic E-state index is 14.3. The van der Waals surface area contributed by atoms with Crippen molar-refractivity contribution in [1.82, 2.24) is 15.6 Å². The molecule has 1 aromatic carbocycles. The summed E-state index contributed by atoms with van der Waals surface area (Å²) in [4.78, 5) is 41.5. The Kier molecular flexibility index (Phi) is 7.77. The molecule has 0 radical (unpaired) electrons. The van der Waals surface area contributed by atoms with Gasteiger partial charge in [0, 0.05) is 29.2 Å². The van der Waals surface area contributed by atoms with E-state index in [0.717, 1.165) is 0 Å². The van der Waals surface area contributed by atoms with Crippen LogP contribution in [0.1, 0.15) is 70.8 Å². The molecule has 2 amide bonds. The molecular weight excluding hydrogens is 463 g/mol. The first-order valence-electron chi connectivity index (χ1n) is 12.1. The molecule has 194 valence electrons. The molecule has 36 heavy (non-hydrogen) atoms. The number of Topliss-reactive ketones (excluding diaryl/α,β-unsaturated/α-hetero) is 1. The lowest BCUT2D eigenvalue weighted by molar-refractivity contribution is -0.127. The molecule has 3 rings (SSSR count). The van der Waals surface area contributed by atoms with Gasteiger partial charge in [0.25, 0.3) is 0 Å². The van der Waals surface area contributed by atoms with Gasteiger partial charge >= 0.3 is 0 Å². The average Bonchev–Trinajstić information content (AvgIpc) is 3.33.